The van der Waals surface area contributed by atoms with Gasteiger partial charge in [-0.1, -0.05) is 18.5 Å². The van der Waals surface area contributed by atoms with Crippen molar-refractivity contribution in [3.05, 3.63) is 39.4 Å². The Balaban J connectivity index is 2.13. The van der Waals surface area contributed by atoms with Crippen LogP contribution in [0.15, 0.2) is 23.8 Å². The van der Waals surface area contributed by atoms with E-state index in [4.69, 9.17) is 17.3 Å². The Bertz CT molecular complexity index is 573. The molecule has 0 aliphatic carbocycles. The molecular weight excluding hydrogens is 284 g/mol. The van der Waals surface area contributed by atoms with Gasteiger partial charge in [-0.15, -0.1) is 11.3 Å². The summed E-state index contributed by atoms with van der Waals surface area (Å²) in [6.07, 6.45) is 3.89. The minimum atomic E-state index is -0.239. The van der Waals surface area contributed by atoms with Gasteiger partial charge in [-0.2, -0.15) is 0 Å². The first-order valence-electron chi connectivity index (χ1n) is 5.73. The van der Waals surface area contributed by atoms with Crippen molar-refractivity contribution < 1.29 is 4.79 Å². The molecule has 2 aromatic heterocycles. The topological polar surface area (TPSA) is 80.9 Å². The van der Waals surface area contributed by atoms with Crippen molar-refractivity contribution in [2.75, 3.05) is 5.73 Å². The van der Waals surface area contributed by atoms with Crippen molar-refractivity contribution >= 4 is 34.7 Å². The van der Waals surface area contributed by atoms with E-state index in [1.54, 1.807) is 6.20 Å². The number of carbonyl (C=O) groups excluding carboxylic acids is 1. The molecule has 19 heavy (non-hydrogen) atoms. The van der Waals surface area contributed by atoms with Crippen LogP contribution in [-0.2, 0) is 0 Å². The Hall–Kier alpha value is -1.66. The maximum Gasteiger partial charge on any atom is 0.253 e. The molecule has 2 rings (SSSR count). The number of halogens is 1. The fourth-order valence-corrected chi connectivity index (χ4v) is 2.50. The first-order valence-corrected chi connectivity index (χ1v) is 6.98. The maximum absolute atomic E-state index is 12.1. The molecule has 0 fully saturated rings. The normalized spacial score (nSPS) is 12.1. The highest BCUT2D eigenvalue weighted by Gasteiger charge is 2.16. The van der Waals surface area contributed by atoms with E-state index < -0.39 is 0 Å². The van der Waals surface area contributed by atoms with Crippen molar-refractivity contribution in [1.29, 1.82) is 0 Å². The summed E-state index contributed by atoms with van der Waals surface area (Å²) in [5.74, 6) is -0.0263. The number of amides is 1. The van der Waals surface area contributed by atoms with Crippen molar-refractivity contribution in [2.45, 2.75) is 19.4 Å². The van der Waals surface area contributed by atoms with Crippen LogP contribution >= 0.6 is 22.9 Å². The third-order valence-corrected chi connectivity index (χ3v) is 3.79. The molecule has 2 heterocycles. The fourth-order valence-electron chi connectivity index (χ4n) is 1.56. The number of nitrogens with zero attached hydrogens (tertiary/aromatic N) is 2. The second kappa shape index (κ2) is 5.99. The molecular formula is C12H13ClN4OS. The summed E-state index contributed by atoms with van der Waals surface area (Å²) in [5.41, 5.74) is 5.89. The monoisotopic (exact) mass is 296 g/mol. The Morgan fingerprint density at radius 1 is 1.58 bits per heavy atom. The number of rotatable bonds is 4. The summed E-state index contributed by atoms with van der Waals surface area (Å²) in [7, 11) is 0. The third-order valence-electron chi connectivity index (χ3n) is 2.59. The van der Waals surface area contributed by atoms with E-state index in [-0.39, 0.29) is 22.8 Å². The number of nitrogen functional groups attached to an aromatic ring is 1. The summed E-state index contributed by atoms with van der Waals surface area (Å²) >= 11 is 7.36. The molecule has 5 nitrogen and oxygen atoms in total. The molecule has 0 spiro atoms. The Labute approximate surface area is 119 Å². The first-order chi connectivity index (χ1) is 9.11. The second-order valence-corrected chi connectivity index (χ2v) is 5.23. The molecule has 2 aromatic rings. The maximum atomic E-state index is 12.1. The fraction of sp³-hybridized carbons (Fsp3) is 0.250. The lowest BCUT2D eigenvalue weighted by atomic mass is 10.2. The molecule has 1 atom stereocenters. The molecule has 0 aromatic carbocycles. The van der Waals surface area contributed by atoms with Crippen LogP contribution in [0.25, 0.3) is 0 Å². The van der Waals surface area contributed by atoms with Gasteiger partial charge in [0.05, 0.1) is 16.6 Å². The van der Waals surface area contributed by atoms with E-state index >= 15 is 0 Å². The lowest BCUT2D eigenvalue weighted by molar-refractivity contribution is 0.0935. The van der Waals surface area contributed by atoms with Crippen LogP contribution in [0.1, 0.15) is 34.8 Å². The van der Waals surface area contributed by atoms with Gasteiger partial charge in [-0.3, -0.25) is 4.79 Å². The minimum absolute atomic E-state index is 0.108. The second-order valence-electron chi connectivity index (χ2n) is 3.90. The zero-order valence-electron chi connectivity index (χ0n) is 10.3. The first kappa shape index (κ1) is 13.8. The number of anilines is 1. The molecule has 7 heteroatoms. The predicted molar refractivity (Wildman–Crippen MR) is 76.3 cm³/mol. The SMILES string of the molecule is CCC(NC(=O)c1cnc(N)c(Cl)c1)c1nccs1. The zero-order valence-corrected chi connectivity index (χ0v) is 11.8. The summed E-state index contributed by atoms with van der Waals surface area (Å²) in [5, 5.41) is 5.94. The van der Waals surface area contributed by atoms with Crippen LogP contribution in [0.5, 0.6) is 0 Å². The van der Waals surface area contributed by atoms with E-state index in [2.05, 4.69) is 15.3 Å². The van der Waals surface area contributed by atoms with Gasteiger partial charge in [0.25, 0.3) is 5.91 Å². The highest BCUT2D eigenvalue weighted by molar-refractivity contribution is 7.09. The molecule has 1 amide bonds. The summed E-state index contributed by atoms with van der Waals surface area (Å²) in [6.45, 7) is 1.99. The number of nitrogens with two attached hydrogens (primary N) is 1. The molecule has 0 aliphatic rings. The molecule has 0 bridgehead atoms. The highest BCUT2D eigenvalue weighted by atomic mass is 35.5. The third kappa shape index (κ3) is 3.21. The van der Waals surface area contributed by atoms with E-state index in [0.29, 0.717) is 5.56 Å². The van der Waals surface area contributed by atoms with Crippen LogP contribution in [-0.4, -0.2) is 15.9 Å². The predicted octanol–water partition coefficient (Wildman–Crippen LogP) is 2.65. The quantitative estimate of drug-likeness (QED) is 0.909. The molecule has 0 radical (unpaired) electrons. The van der Waals surface area contributed by atoms with Gasteiger partial charge < -0.3 is 11.1 Å². The van der Waals surface area contributed by atoms with Gasteiger partial charge in [0, 0.05) is 17.8 Å². The Morgan fingerprint density at radius 3 is 2.95 bits per heavy atom. The van der Waals surface area contributed by atoms with E-state index in [0.717, 1.165) is 11.4 Å². The van der Waals surface area contributed by atoms with Gasteiger partial charge in [0.2, 0.25) is 0 Å². The van der Waals surface area contributed by atoms with Crippen molar-refractivity contribution in [1.82, 2.24) is 15.3 Å². The number of nitrogens with one attached hydrogen (secondary N) is 1. The van der Waals surface area contributed by atoms with Crippen molar-refractivity contribution in [2.24, 2.45) is 0 Å². The molecule has 1 unspecified atom stereocenters. The number of hydrogen-bond donors (Lipinski definition) is 2. The number of aromatic nitrogens is 2. The Kier molecular flexibility index (Phi) is 4.34. The van der Waals surface area contributed by atoms with Crippen molar-refractivity contribution in [3.8, 4) is 0 Å². The van der Waals surface area contributed by atoms with Gasteiger partial charge in [-0.25, -0.2) is 9.97 Å². The average molecular weight is 297 g/mol. The Morgan fingerprint density at radius 2 is 2.37 bits per heavy atom. The number of thiazole rings is 1. The minimum Gasteiger partial charge on any atom is -0.382 e. The number of carbonyl (C=O) groups is 1. The van der Waals surface area contributed by atoms with Crippen LogP contribution < -0.4 is 11.1 Å². The average Bonchev–Trinajstić information content (AvgIpc) is 2.92. The van der Waals surface area contributed by atoms with Crippen LogP contribution in [0, 0.1) is 0 Å². The lowest BCUT2D eigenvalue weighted by Crippen LogP contribution is -2.28. The van der Waals surface area contributed by atoms with E-state index in [1.165, 1.54) is 23.6 Å². The van der Waals surface area contributed by atoms with Crippen LogP contribution in [0.2, 0.25) is 5.02 Å². The largest absolute Gasteiger partial charge is 0.382 e. The summed E-state index contributed by atoms with van der Waals surface area (Å²) in [4.78, 5) is 20.2. The summed E-state index contributed by atoms with van der Waals surface area (Å²) < 4.78 is 0. The highest BCUT2D eigenvalue weighted by Crippen LogP contribution is 2.21. The number of hydrogen-bond acceptors (Lipinski definition) is 5. The molecule has 0 aliphatic heterocycles. The molecule has 0 saturated carbocycles. The van der Waals surface area contributed by atoms with Crippen LogP contribution in [0.3, 0.4) is 0 Å². The van der Waals surface area contributed by atoms with Crippen molar-refractivity contribution in [3.63, 3.8) is 0 Å². The molecule has 0 saturated heterocycles. The van der Waals surface area contributed by atoms with Gasteiger partial charge in [0.15, 0.2) is 0 Å². The van der Waals surface area contributed by atoms with Gasteiger partial charge in [-0.05, 0) is 12.5 Å². The van der Waals surface area contributed by atoms with E-state index in [9.17, 15) is 4.79 Å². The van der Waals surface area contributed by atoms with E-state index in [1.807, 2.05) is 12.3 Å². The summed E-state index contributed by atoms with van der Waals surface area (Å²) in [6, 6.07) is 1.40. The standard InChI is InChI=1S/C12H13ClN4OS/c1-2-9(12-15-3-4-19-12)17-11(18)7-5-8(13)10(14)16-6-7/h3-6,9H,2H2,1H3,(H2,14,16)(H,17,18). The van der Waals surface area contributed by atoms with Crippen LogP contribution in [0.4, 0.5) is 5.82 Å². The zero-order chi connectivity index (χ0) is 13.8. The van der Waals surface area contributed by atoms with Gasteiger partial charge >= 0.3 is 0 Å². The smallest absolute Gasteiger partial charge is 0.253 e. The lowest BCUT2D eigenvalue weighted by Gasteiger charge is -2.14. The molecule has 100 valence electrons. The molecule has 3 N–H and O–H groups in total. The van der Waals surface area contributed by atoms with Gasteiger partial charge in [0.1, 0.15) is 10.8 Å². The number of pyridine rings is 1.